The quantitative estimate of drug-likeness (QED) is 0.389. The summed E-state index contributed by atoms with van der Waals surface area (Å²) in [6.45, 7) is 1.75. The average Bonchev–Trinajstić information content (AvgIpc) is 3.33. The minimum Gasteiger partial charge on any atom is -0.507 e. The molecule has 0 aliphatic rings. The van der Waals surface area contributed by atoms with E-state index in [0.29, 0.717) is 22.9 Å². The Morgan fingerprint density at radius 3 is 2.58 bits per heavy atom. The van der Waals surface area contributed by atoms with Gasteiger partial charge >= 0.3 is 0 Å². The second-order valence-electron chi connectivity index (χ2n) is 7.28. The van der Waals surface area contributed by atoms with E-state index in [1.165, 1.54) is 12.1 Å². The Labute approximate surface area is 177 Å². The first kappa shape index (κ1) is 18.9. The molecule has 0 fully saturated rings. The molecule has 6 nitrogen and oxygen atoms in total. The van der Waals surface area contributed by atoms with Crippen LogP contribution < -0.4 is 5.32 Å². The fraction of sp³-hybridized carbons (Fsp3) is 0.0833. The number of oxazole rings is 1. The molecule has 7 heteroatoms. The lowest BCUT2D eigenvalue weighted by molar-refractivity contribution is 0.472. The van der Waals surface area contributed by atoms with E-state index < -0.39 is 0 Å². The Kier molecular flexibility index (Phi) is 4.43. The van der Waals surface area contributed by atoms with Crippen LogP contribution in [-0.4, -0.2) is 19.6 Å². The molecule has 0 saturated carbocycles. The Morgan fingerprint density at radius 1 is 1.06 bits per heavy atom. The lowest BCUT2D eigenvalue weighted by Gasteiger charge is -2.09. The van der Waals surface area contributed by atoms with Gasteiger partial charge in [-0.3, -0.25) is 0 Å². The fourth-order valence-electron chi connectivity index (χ4n) is 3.63. The van der Waals surface area contributed by atoms with Gasteiger partial charge in [-0.1, -0.05) is 6.07 Å². The van der Waals surface area contributed by atoms with E-state index in [9.17, 15) is 9.50 Å². The second-order valence-corrected chi connectivity index (χ2v) is 7.28. The molecule has 0 radical (unpaired) electrons. The maximum Gasteiger partial charge on any atom is 0.191 e. The van der Waals surface area contributed by atoms with Crippen LogP contribution >= 0.6 is 0 Å². The highest BCUT2D eigenvalue weighted by Crippen LogP contribution is 2.35. The molecule has 3 aromatic carbocycles. The van der Waals surface area contributed by atoms with Crippen molar-refractivity contribution in [1.29, 1.82) is 0 Å². The molecule has 0 unspecified atom stereocenters. The number of aromatic nitrogens is 3. The Bertz CT molecular complexity index is 1400. The third-order valence-electron chi connectivity index (χ3n) is 5.18. The molecule has 0 atom stereocenters. The summed E-state index contributed by atoms with van der Waals surface area (Å²) in [5.74, 6) is 1.59. The van der Waals surface area contributed by atoms with E-state index in [2.05, 4.69) is 10.3 Å². The van der Waals surface area contributed by atoms with Gasteiger partial charge in [0, 0.05) is 31.3 Å². The number of aromatic hydroxyl groups is 1. The summed E-state index contributed by atoms with van der Waals surface area (Å²) in [4.78, 5) is 8.86. The number of phenols is 1. The standard InChI is InChI=1S/C24H19FN4O2/c1-14-26-13-22(31-14)18-11-10-17(12-21(18)30)27-19-4-3-5-20-23(19)28-24(29(20)2)15-6-8-16(25)9-7-15/h3-13,27,30H,1-2H3. The van der Waals surface area contributed by atoms with Crippen molar-refractivity contribution in [3.63, 3.8) is 0 Å². The first-order chi connectivity index (χ1) is 15.0. The van der Waals surface area contributed by atoms with Gasteiger partial charge in [-0.15, -0.1) is 0 Å². The summed E-state index contributed by atoms with van der Waals surface area (Å²) in [5, 5.41) is 13.8. The van der Waals surface area contributed by atoms with Crippen molar-refractivity contribution in [2.24, 2.45) is 7.05 Å². The highest BCUT2D eigenvalue weighted by atomic mass is 19.1. The molecule has 31 heavy (non-hydrogen) atoms. The van der Waals surface area contributed by atoms with E-state index in [-0.39, 0.29) is 11.6 Å². The SMILES string of the molecule is Cc1ncc(-c2ccc(Nc3cccc4c3nc(-c3ccc(F)cc3)n4C)cc2O)o1. The van der Waals surface area contributed by atoms with Crippen LogP contribution in [0.4, 0.5) is 15.8 Å². The molecular weight excluding hydrogens is 395 g/mol. The van der Waals surface area contributed by atoms with Crippen LogP contribution in [0.15, 0.2) is 71.3 Å². The summed E-state index contributed by atoms with van der Waals surface area (Å²) >= 11 is 0. The van der Waals surface area contributed by atoms with Crippen molar-refractivity contribution >= 4 is 22.4 Å². The molecule has 0 aliphatic heterocycles. The van der Waals surface area contributed by atoms with Crippen LogP contribution in [0.3, 0.4) is 0 Å². The number of imidazole rings is 1. The topological polar surface area (TPSA) is 76.1 Å². The van der Waals surface area contributed by atoms with Gasteiger partial charge in [0.25, 0.3) is 0 Å². The highest BCUT2D eigenvalue weighted by Gasteiger charge is 2.14. The van der Waals surface area contributed by atoms with Gasteiger partial charge in [-0.2, -0.15) is 0 Å². The third-order valence-corrected chi connectivity index (χ3v) is 5.18. The van der Waals surface area contributed by atoms with Crippen molar-refractivity contribution < 1.29 is 13.9 Å². The normalized spacial score (nSPS) is 11.2. The molecule has 2 heterocycles. The van der Waals surface area contributed by atoms with Gasteiger partial charge in [0.05, 0.1) is 23.0 Å². The van der Waals surface area contributed by atoms with E-state index in [4.69, 9.17) is 9.40 Å². The number of fused-ring (bicyclic) bond motifs is 1. The van der Waals surface area contributed by atoms with Crippen molar-refractivity contribution in [2.45, 2.75) is 6.92 Å². The zero-order chi connectivity index (χ0) is 21.5. The number of nitrogens with one attached hydrogen (secondary N) is 1. The van der Waals surface area contributed by atoms with E-state index in [0.717, 1.165) is 28.1 Å². The monoisotopic (exact) mass is 414 g/mol. The fourth-order valence-corrected chi connectivity index (χ4v) is 3.63. The molecule has 0 spiro atoms. The van der Waals surface area contributed by atoms with E-state index >= 15 is 0 Å². The van der Waals surface area contributed by atoms with Gasteiger partial charge in [0.2, 0.25) is 0 Å². The Hall–Kier alpha value is -4.13. The number of rotatable bonds is 4. The van der Waals surface area contributed by atoms with Crippen LogP contribution in [-0.2, 0) is 7.05 Å². The van der Waals surface area contributed by atoms with Gasteiger partial charge in [0.1, 0.15) is 22.9 Å². The van der Waals surface area contributed by atoms with Crippen molar-refractivity contribution in [1.82, 2.24) is 14.5 Å². The molecule has 5 aromatic rings. The maximum absolute atomic E-state index is 13.3. The molecule has 0 amide bonds. The number of anilines is 2. The van der Waals surface area contributed by atoms with Crippen LogP contribution in [0.25, 0.3) is 33.7 Å². The smallest absolute Gasteiger partial charge is 0.191 e. The first-order valence-electron chi connectivity index (χ1n) is 9.74. The minimum absolute atomic E-state index is 0.0846. The highest BCUT2D eigenvalue weighted by molar-refractivity contribution is 5.93. The molecule has 2 N–H and O–H groups in total. The zero-order valence-electron chi connectivity index (χ0n) is 16.9. The lowest BCUT2D eigenvalue weighted by atomic mass is 10.1. The average molecular weight is 414 g/mol. The number of benzene rings is 3. The minimum atomic E-state index is -0.284. The molecule has 154 valence electrons. The summed E-state index contributed by atoms with van der Waals surface area (Å²) in [6.07, 6.45) is 1.59. The molecule has 2 aromatic heterocycles. The van der Waals surface area contributed by atoms with Gasteiger partial charge in [0.15, 0.2) is 11.7 Å². The van der Waals surface area contributed by atoms with Gasteiger partial charge in [-0.25, -0.2) is 14.4 Å². The molecule has 0 saturated heterocycles. The number of hydrogen-bond acceptors (Lipinski definition) is 5. The largest absolute Gasteiger partial charge is 0.507 e. The van der Waals surface area contributed by atoms with Crippen molar-refractivity contribution in [2.75, 3.05) is 5.32 Å². The molecular formula is C24H19FN4O2. The Balaban J connectivity index is 1.51. The van der Waals surface area contributed by atoms with Crippen LogP contribution in [0.1, 0.15) is 5.89 Å². The summed E-state index contributed by atoms with van der Waals surface area (Å²) in [7, 11) is 1.93. The van der Waals surface area contributed by atoms with E-state index in [1.54, 1.807) is 37.4 Å². The maximum atomic E-state index is 13.3. The predicted molar refractivity (Wildman–Crippen MR) is 118 cm³/mol. The number of aryl methyl sites for hydroxylation is 2. The molecule has 0 aliphatic carbocycles. The number of nitrogens with zero attached hydrogens (tertiary/aromatic N) is 3. The summed E-state index contributed by atoms with van der Waals surface area (Å²) in [5.41, 5.74) is 4.61. The first-order valence-corrected chi connectivity index (χ1v) is 9.74. The van der Waals surface area contributed by atoms with Crippen molar-refractivity contribution in [3.05, 3.63) is 78.6 Å². The van der Waals surface area contributed by atoms with Gasteiger partial charge in [-0.05, 0) is 48.5 Å². The van der Waals surface area contributed by atoms with Crippen LogP contribution in [0, 0.1) is 12.7 Å². The van der Waals surface area contributed by atoms with Crippen LogP contribution in [0.5, 0.6) is 5.75 Å². The lowest BCUT2D eigenvalue weighted by Crippen LogP contribution is -1.93. The predicted octanol–water partition coefficient (Wildman–Crippen LogP) is 5.79. The molecule has 0 bridgehead atoms. The van der Waals surface area contributed by atoms with E-state index in [1.807, 2.05) is 35.9 Å². The second kappa shape index (κ2) is 7.28. The number of hydrogen-bond donors (Lipinski definition) is 2. The zero-order valence-corrected chi connectivity index (χ0v) is 16.9. The van der Waals surface area contributed by atoms with Gasteiger partial charge < -0.3 is 19.4 Å². The van der Waals surface area contributed by atoms with Crippen LogP contribution in [0.2, 0.25) is 0 Å². The van der Waals surface area contributed by atoms with Crippen molar-refractivity contribution in [3.8, 4) is 28.5 Å². The molecule has 5 rings (SSSR count). The number of halogens is 1. The number of phenolic OH excluding ortho intramolecular Hbond substituents is 1. The summed E-state index contributed by atoms with van der Waals surface area (Å²) < 4.78 is 20.8. The third kappa shape index (κ3) is 3.40. The summed E-state index contributed by atoms with van der Waals surface area (Å²) in [6, 6.07) is 17.4. The number of para-hydroxylation sites is 1. The Morgan fingerprint density at radius 2 is 1.87 bits per heavy atom.